The Morgan fingerprint density at radius 3 is 2.86 bits per heavy atom. The molecule has 0 bridgehead atoms. The normalized spacial score (nSPS) is 11.4. The van der Waals surface area contributed by atoms with Gasteiger partial charge in [-0.05, 0) is 36.4 Å². The smallest absolute Gasteiger partial charge is 0.254 e. The molecule has 0 aliphatic rings. The molecule has 0 radical (unpaired) electrons. The molecular weight excluding hydrogens is 363 g/mol. The van der Waals surface area contributed by atoms with Crippen LogP contribution in [0.4, 0.5) is 4.39 Å². The number of benzene rings is 2. The number of nitrogens with zero attached hydrogens (tertiary/aromatic N) is 3. The molecule has 0 atom stereocenters. The van der Waals surface area contributed by atoms with Crippen LogP contribution in [0, 0.1) is 5.82 Å². The summed E-state index contributed by atoms with van der Waals surface area (Å²) in [6, 6.07) is 9.51. The molecule has 0 saturated heterocycles. The number of H-pyrrole nitrogens is 1. The van der Waals surface area contributed by atoms with E-state index in [1.807, 2.05) is 0 Å². The van der Waals surface area contributed by atoms with Crippen molar-refractivity contribution < 1.29 is 18.3 Å². The highest BCUT2D eigenvalue weighted by atomic mass is 19.1. The maximum Gasteiger partial charge on any atom is 0.254 e. The number of methoxy groups -OCH3 is 1. The lowest BCUT2D eigenvalue weighted by Crippen LogP contribution is -2.26. The number of halogens is 1. The van der Waals surface area contributed by atoms with Crippen LogP contribution in [0.3, 0.4) is 0 Å². The van der Waals surface area contributed by atoms with E-state index in [1.54, 1.807) is 38.4 Å². The molecule has 0 unspecified atom stereocenters. The molecule has 8 heteroatoms. The number of fused-ring (bicyclic) bond motifs is 2. The van der Waals surface area contributed by atoms with Crippen molar-refractivity contribution in [2.75, 3.05) is 20.8 Å². The van der Waals surface area contributed by atoms with Crippen molar-refractivity contribution in [3.8, 4) is 0 Å². The fraction of sp³-hybridized carbons (Fsp3) is 0.250. The zero-order valence-electron chi connectivity index (χ0n) is 15.5. The summed E-state index contributed by atoms with van der Waals surface area (Å²) in [4.78, 5) is 26.1. The third-order valence-electron chi connectivity index (χ3n) is 4.43. The Morgan fingerprint density at radius 1 is 1.21 bits per heavy atom. The van der Waals surface area contributed by atoms with E-state index in [1.165, 1.54) is 17.0 Å². The number of carbonyl (C=O) groups excluding carboxylic acids is 1. The third-order valence-corrected chi connectivity index (χ3v) is 4.43. The van der Waals surface area contributed by atoms with Crippen molar-refractivity contribution in [3.63, 3.8) is 0 Å². The highest BCUT2D eigenvalue weighted by Gasteiger charge is 2.16. The molecule has 0 aliphatic heterocycles. The van der Waals surface area contributed by atoms with Gasteiger partial charge in [-0.2, -0.15) is 0 Å². The molecule has 1 amide bonds. The van der Waals surface area contributed by atoms with Crippen LogP contribution in [-0.4, -0.2) is 46.5 Å². The molecule has 0 aliphatic carbocycles. The van der Waals surface area contributed by atoms with Gasteiger partial charge in [0, 0.05) is 26.1 Å². The Labute approximate surface area is 160 Å². The molecule has 0 fully saturated rings. The minimum Gasteiger partial charge on any atom is -0.441 e. The van der Waals surface area contributed by atoms with Crippen LogP contribution in [0.1, 0.15) is 22.1 Å². The number of carbonyl (C=O) groups is 1. The summed E-state index contributed by atoms with van der Waals surface area (Å²) >= 11 is 0. The lowest BCUT2D eigenvalue weighted by molar-refractivity contribution is 0.0782. The van der Waals surface area contributed by atoms with Gasteiger partial charge in [-0.25, -0.2) is 14.4 Å². The van der Waals surface area contributed by atoms with E-state index in [-0.39, 0.29) is 18.3 Å². The van der Waals surface area contributed by atoms with Crippen LogP contribution in [0.15, 0.2) is 40.8 Å². The Morgan fingerprint density at radius 2 is 2.04 bits per heavy atom. The number of hydrogen-bond acceptors (Lipinski definition) is 5. The Bertz CT molecular complexity index is 1150. The zero-order chi connectivity index (χ0) is 19.7. The van der Waals surface area contributed by atoms with Gasteiger partial charge in [-0.1, -0.05) is 0 Å². The average Bonchev–Trinajstić information content (AvgIpc) is 3.27. The van der Waals surface area contributed by atoms with E-state index < -0.39 is 0 Å². The molecule has 7 nitrogen and oxygen atoms in total. The van der Waals surface area contributed by atoms with Crippen molar-refractivity contribution >= 4 is 28.0 Å². The van der Waals surface area contributed by atoms with E-state index in [2.05, 4.69) is 15.0 Å². The molecule has 1 N–H and O–H groups in total. The van der Waals surface area contributed by atoms with Crippen LogP contribution >= 0.6 is 0 Å². The fourth-order valence-electron chi connectivity index (χ4n) is 3.03. The van der Waals surface area contributed by atoms with Gasteiger partial charge >= 0.3 is 0 Å². The summed E-state index contributed by atoms with van der Waals surface area (Å²) in [5.41, 5.74) is 3.01. The topological polar surface area (TPSA) is 84.2 Å². The second-order valence-corrected chi connectivity index (χ2v) is 6.54. The van der Waals surface area contributed by atoms with Crippen LogP contribution < -0.4 is 0 Å². The summed E-state index contributed by atoms with van der Waals surface area (Å²) in [7, 11) is 3.30. The van der Waals surface area contributed by atoms with Crippen LogP contribution in [0.25, 0.3) is 22.1 Å². The van der Waals surface area contributed by atoms with Crippen molar-refractivity contribution in [1.82, 2.24) is 19.9 Å². The van der Waals surface area contributed by atoms with Gasteiger partial charge in [0.15, 0.2) is 11.5 Å². The van der Waals surface area contributed by atoms with Crippen LogP contribution in [0.5, 0.6) is 0 Å². The Kier molecular flexibility index (Phi) is 4.79. The van der Waals surface area contributed by atoms with Gasteiger partial charge < -0.3 is 19.0 Å². The minimum atomic E-state index is -0.336. The molecule has 2 aromatic heterocycles. The minimum absolute atomic E-state index is 0.177. The van der Waals surface area contributed by atoms with Gasteiger partial charge in [0.25, 0.3) is 5.91 Å². The van der Waals surface area contributed by atoms with Crippen LogP contribution in [0.2, 0.25) is 0 Å². The molecule has 4 rings (SSSR count). The van der Waals surface area contributed by atoms with Crippen molar-refractivity contribution in [1.29, 1.82) is 0 Å². The summed E-state index contributed by atoms with van der Waals surface area (Å²) in [6.45, 7) is 0.783. The first-order chi connectivity index (χ1) is 13.5. The van der Waals surface area contributed by atoms with Gasteiger partial charge in [-0.15, -0.1) is 0 Å². The van der Waals surface area contributed by atoms with E-state index in [9.17, 15) is 9.18 Å². The van der Waals surface area contributed by atoms with Crippen molar-refractivity contribution in [3.05, 3.63) is 59.5 Å². The number of aromatic amines is 1. The summed E-state index contributed by atoms with van der Waals surface area (Å²) < 4.78 is 24.0. The van der Waals surface area contributed by atoms with E-state index in [4.69, 9.17) is 9.15 Å². The molecule has 144 valence electrons. The standard InChI is InChI=1S/C20H19FN4O3/c1-25(11-18-22-14-6-4-13(21)10-16(14)23-18)20(26)12-3-5-15-17(9-12)28-19(24-15)7-8-27-2/h3-6,9-10H,7-8,11H2,1-2H3,(H,22,23). The fourth-order valence-corrected chi connectivity index (χ4v) is 3.03. The predicted octanol–water partition coefficient (Wildman–Crippen LogP) is 3.30. The number of ether oxygens (including phenoxy) is 1. The lowest BCUT2D eigenvalue weighted by Gasteiger charge is -2.15. The van der Waals surface area contributed by atoms with Gasteiger partial charge in [0.05, 0.1) is 24.2 Å². The number of rotatable bonds is 6. The van der Waals surface area contributed by atoms with Crippen molar-refractivity contribution in [2.45, 2.75) is 13.0 Å². The van der Waals surface area contributed by atoms with Gasteiger partial charge in [0.2, 0.25) is 0 Å². The first kappa shape index (κ1) is 18.1. The van der Waals surface area contributed by atoms with Crippen LogP contribution in [-0.2, 0) is 17.7 Å². The van der Waals surface area contributed by atoms with E-state index >= 15 is 0 Å². The largest absolute Gasteiger partial charge is 0.441 e. The molecule has 2 heterocycles. The number of aromatic nitrogens is 3. The molecule has 0 spiro atoms. The highest BCUT2D eigenvalue weighted by molar-refractivity contribution is 5.96. The molecule has 2 aromatic carbocycles. The summed E-state index contributed by atoms with van der Waals surface area (Å²) in [6.07, 6.45) is 0.570. The van der Waals surface area contributed by atoms with Crippen molar-refractivity contribution in [2.24, 2.45) is 0 Å². The zero-order valence-corrected chi connectivity index (χ0v) is 15.5. The summed E-state index contributed by atoms with van der Waals surface area (Å²) in [5.74, 6) is 0.643. The average molecular weight is 382 g/mol. The predicted molar refractivity (Wildman–Crippen MR) is 101 cm³/mol. The molecular formula is C20H19FN4O3. The number of oxazole rings is 1. The van der Waals surface area contributed by atoms with Gasteiger partial charge in [-0.3, -0.25) is 4.79 Å². The number of hydrogen-bond donors (Lipinski definition) is 1. The second kappa shape index (κ2) is 7.40. The maximum atomic E-state index is 13.3. The van der Waals surface area contributed by atoms with Gasteiger partial charge in [0.1, 0.15) is 17.2 Å². The molecule has 0 saturated carbocycles. The molecule has 28 heavy (non-hydrogen) atoms. The SMILES string of the molecule is COCCc1nc2ccc(C(=O)N(C)Cc3nc4ccc(F)cc4[nH]3)cc2o1. The monoisotopic (exact) mass is 382 g/mol. The Hall–Kier alpha value is -3.26. The number of imidazole rings is 1. The number of nitrogens with one attached hydrogen (secondary N) is 1. The molecule has 4 aromatic rings. The third kappa shape index (κ3) is 3.59. The first-order valence-corrected chi connectivity index (χ1v) is 8.81. The maximum absolute atomic E-state index is 13.3. The quantitative estimate of drug-likeness (QED) is 0.553. The summed E-state index contributed by atoms with van der Waals surface area (Å²) in [5, 5.41) is 0. The van der Waals surface area contributed by atoms with E-state index in [0.717, 1.165) is 0 Å². The van der Waals surface area contributed by atoms with E-state index in [0.29, 0.717) is 52.4 Å². The second-order valence-electron chi connectivity index (χ2n) is 6.54. The Balaban J connectivity index is 1.52. The lowest BCUT2D eigenvalue weighted by atomic mass is 10.2. The first-order valence-electron chi connectivity index (χ1n) is 8.81. The number of amides is 1. The highest BCUT2D eigenvalue weighted by Crippen LogP contribution is 2.19.